The van der Waals surface area contributed by atoms with Crippen LogP contribution in [0.3, 0.4) is 0 Å². The van der Waals surface area contributed by atoms with Crippen LogP contribution in [0.1, 0.15) is 110 Å². The predicted molar refractivity (Wildman–Crippen MR) is 504 cm³/mol. The van der Waals surface area contributed by atoms with Gasteiger partial charge >= 0.3 is 0 Å². The zero-order valence-electron chi connectivity index (χ0n) is 61.4. The molecule has 0 aliphatic rings. The fraction of sp³-hybridized carbons (Fsp3) is 0.102. The number of hydrogen-bond donors (Lipinski definition) is 0. The Hall–Kier alpha value is -9.72. The Morgan fingerprint density at radius 2 is 0.402 bits per heavy atom. The van der Waals surface area contributed by atoms with E-state index in [-0.39, 0.29) is 10.3 Å². The summed E-state index contributed by atoms with van der Waals surface area (Å²) in [6.07, 6.45) is 0. The van der Waals surface area contributed by atoms with Gasteiger partial charge in [0.25, 0.3) is 0 Å². The molecule has 14 heteroatoms. The maximum absolute atomic E-state index is 13.9. The first-order chi connectivity index (χ1) is 54.3. The van der Waals surface area contributed by atoms with Crippen molar-refractivity contribution in [3.05, 3.63) is 226 Å². The summed E-state index contributed by atoms with van der Waals surface area (Å²) in [6.45, 7) is 19.3. The van der Waals surface area contributed by atoms with Crippen LogP contribution in [0, 0.1) is 119 Å². The van der Waals surface area contributed by atoms with Gasteiger partial charge in [-0.1, -0.05) is 70.6 Å². The molecule has 0 saturated heterocycles. The smallest absolute Gasteiger partial charge is 0.177 e. The molecule has 12 aromatic carbocycles. The van der Waals surface area contributed by atoms with Gasteiger partial charge in [0.2, 0.25) is 0 Å². The normalized spacial score (nSPS) is 11.0. The third-order valence-electron chi connectivity index (χ3n) is 19.6. The fourth-order valence-corrected chi connectivity index (χ4v) is 24.3. The molecule has 0 spiro atoms. The molecule has 0 fully saturated rings. The highest BCUT2D eigenvalue weighted by Gasteiger charge is 2.22. The molecule has 112 heavy (non-hydrogen) atoms. The van der Waals surface area contributed by atoms with Crippen LogP contribution in [-0.2, 0) is 0 Å². The van der Waals surface area contributed by atoms with Gasteiger partial charge in [0, 0.05) is 135 Å². The van der Waals surface area contributed by atoms with Gasteiger partial charge < -0.3 is 0 Å². The number of hydrogen-bond acceptors (Lipinski definition) is 8. The lowest BCUT2D eigenvalue weighted by Gasteiger charge is -2.12. The highest BCUT2D eigenvalue weighted by Crippen LogP contribution is 2.47. The standard InChI is InChI=1S/C26H18S2.C24H12Br2S2.C24H12Cl2S2.C24H12F2S2/c1-5-7-19-21-11-17-9-15(3)28-26(17)14-24(21)20(8-6-2)22-12-18-10-16(4)27-25(18)13-23(19)22;3*1-3-5-15-17-7-13-9-23(25)28-22(13)12-20(17)16(6-4-2)18-8-14-10-24(26)27-21(14)11-19(15)18/h9-14H,1-4H3;3*7-12H,1-2H3. The Kier molecular flexibility index (Phi) is 20.5. The van der Waals surface area contributed by atoms with Crippen molar-refractivity contribution in [2.24, 2.45) is 0 Å². The Balaban J connectivity index is 0.000000108. The second-order valence-electron chi connectivity index (χ2n) is 26.5. The monoisotopic (exact) mass is 1750 g/mol. The second kappa shape index (κ2) is 30.7. The number of aryl methyl sites for hydroxylation is 2. The number of rotatable bonds is 0. The molecule has 0 atom stereocenters. The SMILES string of the molecule is CC#Cc1c2cc3cc(Br)sc3cc2c(C#CC)c2cc3cc(Br)sc3cc12.CC#Cc1c2cc3cc(C)sc3cc2c(C#CC)c2cc3cc(C)sc3cc12.CC#Cc1c2cc3cc(Cl)sc3cc2c(C#CC)c2cc3cc(Cl)sc3cc12.CC#Cc1c2cc3cc(F)sc3cc2c(C#CC)c2cc3cc(F)sc3cc12. The van der Waals surface area contributed by atoms with E-state index in [4.69, 9.17) is 23.2 Å². The van der Waals surface area contributed by atoms with Crippen LogP contribution < -0.4 is 0 Å². The third-order valence-corrected chi connectivity index (χ3v) is 29.1. The van der Waals surface area contributed by atoms with E-state index in [1.807, 2.05) is 101 Å². The quantitative estimate of drug-likeness (QED) is 0.105. The van der Waals surface area contributed by atoms with Gasteiger partial charge in [0.05, 0.1) is 16.2 Å². The summed E-state index contributed by atoms with van der Waals surface area (Å²) in [5.41, 5.74) is 8.22. The Morgan fingerprint density at radius 3 is 0.634 bits per heavy atom. The van der Waals surface area contributed by atoms with E-state index >= 15 is 0 Å². The van der Waals surface area contributed by atoms with Crippen molar-refractivity contribution in [3.8, 4) is 94.7 Å². The first-order valence-electron chi connectivity index (χ1n) is 35.3. The highest BCUT2D eigenvalue weighted by atomic mass is 79.9. The van der Waals surface area contributed by atoms with Gasteiger partial charge in [-0.15, -0.1) is 138 Å². The lowest BCUT2D eigenvalue weighted by atomic mass is 9.90. The van der Waals surface area contributed by atoms with Crippen molar-refractivity contribution in [1.82, 2.24) is 0 Å². The van der Waals surface area contributed by atoms with Crippen molar-refractivity contribution in [3.63, 3.8) is 0 Å². The maximum Gasteiger partial charge on any atom is 0.177 e. The van der Waals surface area contributed by atoms with Gasteiger partial charge in [0.1, 0.15) is 0 Å². The minimum atomic E-state index is -0.211. The van der Waals surface area contributed by atoms with E-state index in [1.165, 1.54) is 93.2 Å². The summed E-state index contributed by atoms with van der Waals surface area (Å²) in [7, 11) is 0. The molecule has 0 N–H and O–H groups in total. The van der Waals surface area contributed by atoms with Crippen LogP contribution in [0.4, 0.5) is 8.78 Å². The van der Waals surface area contributed by atoms with Gasteiger partial charge in [-0.3, -0.25) is 0 Å². The summed E-state index contributed by atoms with van der Waals surface area (Å²) in [5.74, 6) is 51.5. The van der Waals surface area contributed by atoms with Crippen LogP contribution in [0.2, 0.25) is 8.67 Å². The van der Waals surface area contributed by atoms with Crippen molar-refractivity contribution >= 4 is 313 Å². The molecule has 0 nitrogen and oxygen atoms in total. The molecule has 0 amide bonds. The minimum Gasteiger partial charge on any atom is -0.195 e. The molecule has 0 bridgehead atoms. The van der Waals surface area contributed by atoms with Crippen molar-refractivity contribution < 1.29 is 8.78 Å². The lowest BCUT2D eigenvalue weighted by molar-refractivity contribution is 0.658. The molecule has 0 aliphatic heterocycles. The van der Waals surface area contributed by atoms with E-state index in [0.717, 1.165) is 167 Å². The first-order valence-corrected chi connectivity index (χ1v) is 44.1. The van der Waals surface area contributed by atoms with Crippen molar-refractivity contribution in [1.29, 1.82) is 0 Å². The van der Waals surface area contributed by atoms with Gasteiger partial charge in [0.15, 0.2) is 10.3 Å². The molecule has 20 rings (SSSR count). The van der Waals surface area contributed by atoms with E-state index < -0.39 is 0 Å². The highest BCUT2D eigenvalue weighted by molar-refractivity contribution is 9.11. The summed E-state index contributed by atoms with van der Waals surface area (Å²) in [6, 6.07) is 51.1. The Labute approximate surface area is 704 Å². The number of halogens is 6. The fourth-order valence-electron chi connectivity index (χ4n) is 15.3. The van der Waals surface area contributed by atoms with E-state index in [9.17, 15) is 8.78 Å². The third kappa shape index (κ3) is 13.5. The van der Waals surface area contributed by atoms with Crippen molar-refractivity contribution in [2.75, 3.05) is 0 Å². The molecule has 0 unspecified atom stereocenters. The van der Waals surface area contributed by atoms with Gasteiger partial charge in [-0.25, -0.2) is 0 Å². The number of benzene rings is 12. The molecule has 536 valence electrons. The largest absolute Gasteiger partial charge is 0.195 e. The predicted octanol–water partition coefficient (Wildman–Crippen LogP) is 32.4. The molecule has 8 heterocycles. The van der Waals surface area contributed by atoms with E-state index in [2.05, 4.69) is 237 Å². The second-order valence-corrected chi connectivity index (χ2v) is 39.5. The number of thiophene rings is 8. The van der Waals surface area contributed by atoms with E-state index in [1.54, 1.807) is 71.3 Å². The van der Waals surface area contributed by atoms with Crippen molar-refractivity contribution in [2.45, 2.75) is 69.2 Å². The van der Waals surface area contributed by atoms with Crippen LogP contribution in [0.15, 0.2) is 153 Å². The van der Waals surface area contributed by atoms with Crippen LogP contribution in [0.25, 0.3) is 167 Å². The van der Waals surface area contributed by atoms with Gasteiger partial charge in [-0.2, -0.15) is 8.78 Å². The van der Waals surface area contributed by atoms with Crippen LogP contribution in [-0.4, -0.2) is 0 Å². The first kappa shape index (κ1) is 75.0. The molecular weight excluding hydrogens is 1700 g/mol. The van der Waals surface area contributed by atoms with E-state index in [0.29, 0.717) is 0 Å². The molecule has 0 saturated carbocycles. The average molecular weight is 1760 g/mol. The number of fused-ring (bicyclic) bond motifs is 16. The Bertz CT molecular complexity index is 6360. The van der Waals surface area contributed by atoms with Gasteiger partial charge in [-0.05, 0) is 333 Å². The molecule has 20 aromatic rings. The lowest BCUT2D eigenvalue weighted by Crippen LogP contribution is -1.90. The summed E-state index contributed by atoms with van der Waals surface area (Å²) >= 11 is 32.4. The zero-order valence-corrected chi connectivity index (χ0v) is 72.6. The molecule has 8 aromatic heterocycles. The Morgan fingerprint density at radius 1 is 0.223 bits per heavy atom. The molecular formula is C98H54Br2Cl2F2S8. The average Bonchev–Trinajstić information content (AvgIpc) is 1.27. The van der Waals surface area contributed by atoms with Crippen LogP contribution >= 0.6 is 146 Å². The summed E-state index contributed by atoms with van der Waals surface area (Å²) in [4.78, 5) is 2.66. The molecule has 0 aliphatic carbocycles. The molecule has 0 radical (unpaired) electrons. The summed E-state index contributed by atoms with van der Waals surface area (Å²) in [5, 5.41) is 26.4. The zero-order chi connectivity index (χ0) is 77.7. The summed E-state index contributed by atoms with van der Waals surface area (Å²) < 4.78 is 40.8. The van der Waals surface area contributed by atoms with Crippen LogP contribution in [0.5, 0.6) is 0 Å². The topological polar surface area (TPSA) is 0 Å². The minimum absolute atomic E-state index is 0.211. The maximum atomic E-state index is 13.9.